The highest BCUT2D eigenvalue weighted by Crippen LogP contribution is 2.11. The molecule has 0 aliphatic heterocycles. The molecule has 0 bridgehead atoms. The fourth-order valence-corrected chi connectivity index (χ4v) is 2.36. The van der Waals surface area contributed by atoms with Gasteiger partial charge >= 0.3 is 0 Å². The number of imidazole rings is 1. The number of rotatable bonds is 4. The topological polar surface area (TPSA) is 55.4 Å². The molecule has 3 aromatic rings. The van der Waals surface area contributed by atoms with Crippen LogP contribution in [-0.2, 0) is 13.1 Å². The number of aryl methyl sites for hydroxylation is 1. The zero-order valence-corrected chi connectivity index (χ0v) is 10.2. The number of hydrogen-bond donors (Lipinski definition) is 1. The summed E-state index contributed by atoms with van der Waals surface area (Å²) in [6.07, 6.45) is 5.76. The van der Waals surface area contributed by atoms with Crippen molar-refractivity contribution in [3.05, 3.63) is 41.3 Å². The summed E-state index contributed by atoms with van der Waals surface area (Å²) in [5.41, 5.74) is 1.03. The maximum atomic E-state index is 5.37. The van der Waals surface area contributed by atoms with Crippen molar-refractivity contribution in [1.82, 2.24) is 19.7 Å². The molecular weight excluding hydrogens is 236 g/mol. The number of thiazole rings is 1. The zero-order valence-electron chi connectivity index (χ0n) is 9.38. The summed E-state index contributed by atoms with van der Waals surface area (Å²) in [5.74, 6) is 1.55. The first-order valence-electron chi connectivity index (χ1n) is 5.34. The van der Waals surface area contributed by atoms with Crippen molar-refractivity contribution >= 4 is 16.3 Å². The monoisotopic (exact) mass is 248 g/mol. The van der Waals surface area contributed by atoms with Crippen LogP contribution in [0.2, 0.25) is 0 Å². The second-order valence-corrected chi connectivity index (χ2v) is 4.67. The van der Waals surface area contributed by atoms with Gasteiger partial charge in [-0.15, -0.1) is 11.3 Å². The van der Waals surface area contributed by atoms with Crippen LogP contribution in [0, 0.1) is 6.92 Å². The van der Waals surface area contributed by atoms with Gasteiger partial charge in [0.15, 0.2) is 4.96 Å². The fourth-order valence-electron chi connectivity index (χ4n) is 1.64. The molecule has 0 atom stereocenters. The Kier molecular flexibility index (Phi) is 2.66. The van der Waals surface area contributed by atoms with Gasteiger partial charge in [0.2, 0.25) is 5.89 Å². The normalized spacial score (nSPS) is 11.4. The van der Waals surface area contributed by atoms with Crippen LogP contribution in [0.15, 0.2) is 28.4 Å². The first-order valence-corrected chi connectivity index (χ1v) is 6.22. The minimum Gasteiger partial charge on any atom is -0.445 e. The van der Waals surface area contributed by atoms with Crippen LogP contribution in [-0.4, -0.2) is 14.4 Å². The van der Waals surface area contributed by atoms with E-state index in [0.29, 0.717) is 12.4 Å². The molecule has 0 saturated carbocycles. The van der Waals surface area contributed by atoms with Crippen LogP contribution in [0.5, 0.6) is 0 Å². The van der Waals surface area contributed by atoms with Gasteiger partial charge in [0.25, 0.3) is 0 Å². The molecule has 0 aromatic carbocycles. The third-order valence-electron chi connectivity index (χ3n) is 2.39. The van der Waals surface area contributed by atoms with E-state index in [2.05, 4.69) is 15.3 Å². The second kappa shape index (κ2) is 4.31. The fraction of sp³-hybridized carbons (Fsp3) is 0.273. The molecule has 1 N–H and O–H groups in total. The van der Waals surface area contributed by atoms with Crippen molar-refractivity contribution in [2.75, 3.05) is 0 Å². The summed E-state index contributed by atoms with van der Waals surface area (Å²) in [6.45, 7) is 3.23. The highest BCUT2D eigenvalue weighted by atomic mass is 32.1. The van der Waals surface area contributed by atoms with Crippen LogP contribution >= 0.6 is 11.3 Å². The first kappa shape index (κ1) is 10.5. The van der Waals surface area contributed by atoms with E-state index in [0.717, 1.165) is 23.0 Å². The number of hydrogen-bond acceptors (Lipinski definition) is 5. The minimum atomic E-state index is 0.624. The van der Waals surface area contributed by atoms with Crippen LogP contribution in [0.25, 0.3) is 4.96 Å². The predicted octanol–water partition coefficient (Wildman–Crippen LogP) is 1.98. The highest BCUT2D eigenvalue weighted by Gasteiger charge is 2.03. The van der Waals surface area contributed by atoms with Gasteiger partial charge in [0.05, 0.1) is 18.4 Å². The maximum absolute atomic E-state index is 5.37. The molecular formula is C11H12N4OS. The Morgan fingerprint density at radius 3 is 3.18 bits per heavy atom. The number of fused-ring (bicyclic) bond motifs is 1. The molecule has 0 radical (unpaired) electrons. The van der Waals surface area contributed by atoms with Gasteiger partial charge in [0.1, 0.15) is 5.76 Å². The molecule has 0 fully saturated rings. The lowest BCUT2D eigenvalue weighted by atomic mass is 10.4. The molecule has 6 heteroatoms. The van der Waals surface area contributed by atoms with Crippen molar-refractivity contribution in [3.63, 3.8) is 0 Å². The van der Waals surface area contributed by atoms with Crippen molar-refractivity contribution in [2.45, 2.75) is 20.0 Å². The van der Waals surface area contributed by atoms with E-state index in [1.807, 2.05) is 29.1 Å². The Balaban J connectivity index is 1.59. The molecule has 3 aromatic heterocycles. The average Bonchev–Trinajstić information content (AvgIpc) is 2.94. The maximum Gasteiger partial charge on any atom is 0.208 e. The van der Waals surface area contributed by atoms with Gasteiger partial charge in [-0.25, -0.2) is 9.97 Å². The van der Waals surface area contributed by atoms with Gasteiger partial charge in [-0.05, 0) is 6.92 Å². The molecule has 0 saturated heterocycles. The summed E-state index contributed by atoms with van der Waals surface area (Å²) < 4.78 is 7.39. The van der Waals surface area contributed by atoms with Crippen LogP contribution in [0.1, 0.15) is 17.3 Å². The number of oxazole rings is 1. The standard InChI is InChI=1S/C11H12N4OS/c1-8-4-13-10(16-8)6-12-5-9-7-15-2-3-17-11(15)14-9/h2-4,7,12H,5-6H2,1H3. The molecule has 3 rings (SSSR count). The lowest BCUT2D eigenvalue weighted by Gasteiger charge is -1.97. The Labute approximate surface area is 102 Å². The van der Waals surface area contributed by atoms with E-state index >= 15 is 0 Å². The quantitative estimate of drug-likeness (QED) is 0.767. The van der Waals surface area contributed by atoms with Gasteiger partial charge in [0, 0.05) is 24.3 Å². The van der Waals surface area contributed by atoms with Crippen molar-refractivity contribution in [3.8, 4) is 0 Å². The lowest BCUT2D eigenvalue weighted by molar-refractivity contribution is 0.448. The van der Waals surface area contributed by atoms with Crippen LogP contribution < -0.4 is 5.32 Å². The van der Waals surface area contributed by atoms with E-state index in [9.17, 15) is 0 Å². The summed E-state index contributed by atoms with van der Waals surface area (Å²) in [6, 6.07) is 0. The van der Waals surface area contributed by atoms with E-state index in [4.69, 9.17) is 4.42 Å². The molecule has 17 heavy (non-hydrogen) atoms. The third-order valence-corrected chi connectivity index (χ3v) is 3.17. The Morgan fingerprint density at radius 2 is 2.41 bits per heavy atom. The molecule has 88 valence electrons. The van der Waals surface area contributed by atoms with Crippen molar-refractivity contribution in [2.24, 2.45) is 0 Å². The lowest BCUT2D eigenvalue weighted by Crippen LogP contribution is -2.13. The summed E-state index contributed by atoms with van der Waals surface area (Å²) in [4.78, 5) is 9.63. The van der Waals surface area contributed by atoms with Gasteiger partial charge in [-0.1, -0.05) is 0 Å². The smallest absolute Gasteiger partial charge is 0.208 e. The van der Waals surface area contributed by atoms with Gasteiger partial charge in [-0.3, -0.25) is 4.40 Å². The van der Waals surface area contributed by atoms with Gasteiger partial charge < -0.3 is 9.73 Å². The Morgan fingerprint density at radius 1 is 1.47 bits per heavy atom. The molecule has 0 aliphatic rings. The summed E-state index contributed by atoms with van der Waals surface area (Å²) in [7, 11) is 0. The van der Waals surface area contributed by atoms with Crippen LogP contribution in [0.4, 0.5) is 0 Å². The molecule has 0 amide bonds. The first-order chi connectivity index (χ1) is 8.31. The highest BCUT2D eigenvalue weighted by molar-refractivity contribution is 7.15. The molecule has 3 heterocycles. The predicted molar refractivity (Wildman–Crippen MR) is 64.9 cm³/mol. The second-order valence-electron chi connectivity index (χ2n) is 3.79. The zero-order chi connectivity index (χ0) is 11.7. The molecule has 0 spiro atoms. The van der Waals surface area contributed by atoms with Crippen molar-refractivity contribution < 1.29 is 4.42 Å². The average molecular weight is 248 g/mol. The molecule has 0 aliphatic carbocycles. The largest absolute Gasteiger partial charge is 0.445 e. The third kappa shape index (κ3) is 2.22. The molecule has 5 nitrogen and oxygen atoms in total. The number of nitrogens with zero attached hydrogens (tertiary/aromatic N) is 3. The van der Waals surface area contributed by atoms with E-state index in [1.165, 1.54) is 0 Å². The Hall–Kier alpha value is -1.66. The molecule has 0 unspecified atom stereocenters. The van der Waals surface area contributed by atoms with E-state index in [1.54, 1.807) is 17.5 Å². The summed E-state index contributed by atoms with van der Waals surface area (Å²) in [5, 5.41) is 5.28. The minimum absolute atomic E-state index is 0.624. The van der Waals surface area contributed by atoms with Gasteiger partial charge in [-0.2, -0.15) is 0 Å². The van der Waals surface area contributed by atoms with Crippen molar-refractivity contribution in [1.29, 1.82) is 0 Å². The van der Waals surface area contributed by atoms with E-state index < -0.39 is 0 Å². The summed E-state index contributed by atoms with van der Waals surface area (Å²) >= 11 is 1.63. The number of aromatic nitrogens is 3. The van der Waals surface area contributed by atoms with E-state index in [-0.39, 0.29) is 0 Å². The Bertz CT molecular complexity index is 596. The SMILES string of the molecule is Cc1cnc(CNCc2cn3ccsc3n2)o1. The van der Waals surface area contributed by atoms with Crippen LogP contribution in [0.3, 0.4) is 0 Å². The number of nitrogens with one attached hydrogen (secondary N) is 1.